The number of hydrazone groups is 1. The molecule has 0 atom stereocenters. The number of hydrogen-bond donors (Lipinski definition) is 1. The normalized spacial score (nSPS) is 11.1. The second-order valence-corrected chi connectivity index (χ2v) is 3.83. The average molecular weight is 256 g/mol. The maximum Gasteiger partial charge on any atom is 0.287 e. The molecule has 6 nitrogen and oxygen atoms in total. The monoisotopic (exact) mass is 256 g/mol. The molecule has 0 radical (unpaired) electrons. The van der Waals surface area contributed by atoms with Gasteiger partial charge in [0.05, 0.1) is 10.6 Å². The number of aromatic nitrogens is 1. The second-order valence-electron chi connectivity index (χ2n) is 3.83. The van der Waals surface area contributed by atoms with Crippen molar-refractivity contribution in [2.75, 3.05) is 5.43 Å². The molecule has 0 aliphatic rings. The van der Waals surface area contributed by atoms with Crippen molar-refractivity contribution in [1.82, 2.24) is 4.98 Å². The van der Waals surface area contributed by atoms with Gasteiger partial charge < -0.3 is 0 Å². The van der Waals surface area contributed by atoms with Gasteiger partial charge in [-0.2, -0.15) is 5.10 Å². The quantitative estimate of drug-likeness (QED) is 0.518. The molecule has 0 saturated carbocycles. The van der Waals surface area contributed by atoms with Crippen molar-refractivity contribution in [2.24, 2.45) is 5.10 Å². The molecule has 1 heterocycles. The predicted molar refractivity (Wildman–Crippen MR) is 73.2 cm³/mol. The summed E-state index contributed by atoms with van der Waals surface area (Å²) in [6.45, 7) is 1.87. The van der Waals surface area contributed by atoms with Crippen molar-refractivity contribution in [1.29, 1.82) is 0 Å². The van der Waals surface area contributed by atoms with Crippen LogP contribution in [0.2, 0.25) is 0 Å². The molecular weight excluding hydrogens is 244 g/mol. The van der Waals surface area contributed by atoms with Crippen LogP contribution in [0, 0.1) is 10.1 Å². The van der Waals surface area contributed by atoms with Crippen LogP contribution in [0.4, 0.5) is 11.5 Å². The summed E-state index contributed by atoms with van der Waals surface area (Å²) in [6, 6.07) is 12.6. The van der Waals surface area contributed by atoms with E-state index >= 15 is 0 Å². The van der Waals surface area contributed by atoms with Crippen molar-refractivity contribution in [3.05, 3.63) is 64.3 Å². The van der Waals surface area contributed by atoms with Crippen LogP contribution < -0.4 is 5.43 Å². The van der Waals surface area contributed by atoms with Crippen molar-refractivity contribution in [2.45, 2.75) is 6.92 Å². The van der Waals surface area contributed by atoms with E-state index in [1.165, 1.54) is 18.3 Å². The molecule has 0 fully saturated rings. The fraction of sp³-hybridized carbons (Fsp3) is 0.0769. The van der Waals surface area contributed by atoms with Gasteiger partial charge in [-0.1, -0.05) is 30.3 Å². The standard InChI is InChI=1S/C13H12N4O2/c1-10(11-5-3-2-4-6-11)15-16-13-8-7-12(9-14-13)17(18)19/h2-9H,1H3,(H,14,16)/b15-10+. The minimum Gasteiger partial charge on any atom is -0.261 e. The Labute approximate surface area is 110 Å². The average Bonchev–Trinajstić information content (AvgIpc) is 2.46. The molecule has 0 amide bonds. The van der Waals surface area contributed by atoms with E-state index < -0.39 is 4.92 Å². The van der Waals surface area contributed by atoms with Gasteiger partial charge in [0.15, 0.2) is 0 Å². The molecule has 96 valence electrons. The molecule has 0 unspecified atom stereocenters. The second kappa shape index (κ2) is 5.72. The van der Waals surface area contributed by atoms with E-state index in [2.05, 4.69) is 15.5 Å². The Kier molecular flexibility index (Phi) is 3.82. The highest BCUT2D eigenvalue weighted by atomic mass is 16.6. The Morgan fingerprint density at radius 2 is 2.00 bits per heavy atom. The lowest BCUT2D eigenvalue weighted by atomic mass is 10.1. The Balaban J connectivity index is 2.08. The summed E-state index contributed by atoms with van der Waals surface area (Å²) >= 11 is 0. The van der Waals surface area contributed by atoms with Gasteiger partial charge in [0, 0.05) is 6.07 Å². The van der Waals surface area contributed by atoms with Gasteiger partial charge in [0.25, 0.3) is 5.69 Å². The Morgan fingerprint density at radius 3 is 2.58 bits per heavy atom. The first-order valence-electron chi connectivity index (χ1n) is 5.63. The zero-order valence-corrected chi connectivity index (χ0v) is 10.3. The largest absolute Gasteiger partial charge is 0.287 e. The van der Waals surface area contributed by atoms with Gasteiger partial charge >= 0.3 is 0 Å². The topological polar surface area (TPSA) is 80.4 Å². The fourth-order valence-electron chi connectivity index (χ4n) is 1.45. The van der Waals surface area contributed by atoms with Crippen LogP contribution in [-0.4, -0.2) is 15.6 Å². The maximum atomic E-state index is 10.5. The molecule has 0 aliphatic carbocycles. The summed E-state index contributed by atoms with van der Waals surface area (Å²) in [6.07, 6.45) is 1.19. The van der Waals surface area contributed by atoms with Crippen LogP contribution in [0.15, 0.2) is 53.8 Å². The Morgan fingerprint density at radius 1 is 1.26 bits per heavy atom. The lowest BCUT2D eigenvalue weighted by Crippen LogP contribution is -2.00. The number of nitrogens with one attached hydrogen (secondary N) is 1. The van der Waals surface area contributed by atoms with Gasteiger partial charge in [-0.15, -0.1) is 0 Å². The first-order valence-corrected chi connectivity index (χ1v) is 5.63. The summed E-state index contributed by atoms with van der Waals surface area (Å²) in [5, 5.41) is 14.7. The van der Waals surface area contributed by atoms with Crippen molar-refractivity contribution in [3.8, 4) is 0 Å². The van der Waals surface area contributed by atoms with E-state index in [-0.39, 0.29) is 5.69 Å². The number of pyridine rings is 1. The molecule has 0 bridgehead atoms. The number of nitro groups is 1. The summed E-state index contributed by atoms with van der Waals surface area (Å²) in [7, 11) is 0. The summed E-state index contributed by atoms with van der Waals surface area (Å²) in [5.74, 6) is 0.459. The smallest absolute Gasteiger partial charge is 0.261 e. The predicted octanol–water partition coefficient (Wildman–Crippen LogP) is 2.83. The third-order valence-electron chi connectivity index (χ3n) is 2.49. The van der Waals surface area contributed by atoms with Crippen LogP contribution in [0.25, 0.3) is 0 Å². The Hall–Kier alpha value is -2.76. The van der Waals surface area contributed by atoms with Gasteiger partial charge in [0.2, 0.25) is 0 Å². The molecule has 0 spiro atoms. The fourth-order valence-corrected chi connectivity index (χ4v) is 1.45. The van der Waals surface area contributed by atoms with E-state index in [9.17, 15) is 10.1 Å². The lowest BCUT2D eigenvalue weighted by molar-refractivity contribution is -0.385. The van der Waals surface area contributed by atoms with Crippen molar-refractivity contribution >= 4 is 17.2 Å². The molecule has 2 rings (SSSR count). The molecule has 1 aromatic carbocycles. The van der Waals surface area contributed by atoms with Crippen molar-refractivity contribution in [3.63, 3.8) is 0 Å². The molecule has 0 aliphatic heterocycles. The van der Waals surface area contributed by atoms with Crippen LogP contribution in [0.3, 0.4) is 0 Å². The third-order valence-corrected chi connectivity index (χ3v) is 2.49. The van der Waals surface area contributed by atoms with Gasteiger partial charge in [-0.25, -0.2) is 4.98 Å². The summed E-state index contributed by atoms with van der Waals surface area (Å²) < 4.78 is 0. The van der Waals surface area contributed by atoms with Gasteiger partial charge in [-0.3, -0.25) is 15.5 Å². The molecule has 1 aromatic heterocycles. The lowest BCUT2D eigenvalue weighted by Gasteiger charge is -2.02. The zero-order chi connectivity index (χ0) is 13.7. The molecule has 6 heteroatoms. The van der Waals surface area contributed by atoms with E-state index in [0.717, 1.165) is 11.3 Å². The molecule has 1 N–H and O–H groups in total. The highest BCUT2D eigenvalue weighted by Crippen LogP contribution is 2.12. The van der Waals surface area contributed by atoms with E-state index in [1.807, 2.05) is 37.3 Å². The molecule has 0 saturated heterocycles. The number of anilines is 1. The first kappa shape index (κ1) is 12.7. The van der Waals surface area contributed by atoms with Gasteiger partial charge in [0.1, 0.15) is 12.0 Å². The first-order chi connectivity index (χ1) is 9.16. The van der Waals surface area contributed by atoms with E-state index in [1.54, 1.807) is 0 Å². The molecular formula is C13H12N4O2. The highest BCUT2D eigenvalue weighted by Gasteiger charge is 2.04. The number of benzene rings is 1. The van der Waals surface area contributed by atoms with Gasteiger partial charge in [-0.05, 0) is 18.6 Å². The van der Waals surface area contributed by atoms with Crippen LogP contribution in [-0.2, 0) is 0 Å². The van der Waals surface area contributed by atoms with Crippen LogP contribution in [0.1, 0.15) is 12.5 Å². The minimum absolute atomic E-state index is 0.0469. The highest BCUT2D eigenvalue weighted by molar-refractivity contribution is 5.98. The number of hydrogen-bond acceptors (Lipinski definition) is 5. The van der Waals surface area contributed by atoms with Crippen LogP contribution >= 0.6 is 0 Å². The summed E-state index contributed by atoms with van der Waals surface area (Å²) in [4.78, 5) is 13.9. The SMILES string of the molecule is C/C(=N\Nc1ccc([N+](=O)[O-])cn1)c1ccccc1. The summed E-state index contributed by atoms with van der Waals surface area (Å²) in [5.41, 5.74) is 4.52. The van der Waals surface area contributed by atoms with Crippen molar-refractivity contribution < 1.29 is 4.92 Å². The van der Waals surface area contributed by atoms with E-state index in [4.69, 9.17) is 0 Å². The Bertz CT molecular complexity index is 594. The molecule has 2 aromatic rings. The maximum absolute atomic E-state index is 10.5. The van der Waals surface area contributed by atoms with Crippen LogP contribution in [0.5, 0.6) is 0 Å². The zero-order valence-electron chi connectivity index (χ0n) is 10.3. The minimum atomic E-state index is -0.491. The number of rotatable bonds is 4. The number of nitrogens with zero attached hydrogens (tertiary/aromatic N) is 3. The van der Waals surface area contributed by atoms with E-state index in [0.29, 0.717) is 5.82 Å². The third kappa shape index (κ3) is 3.35. The molecule has 19 heavy (non-hydrogen) atoms.